The molecule has 16 heteroatoms. The van der Waals surface area contributed by atoms with Gasteiger partial charge in [0, 0.05) is 0 Å². The Labute approximate surface area is 239 Å². The molecule has 0 saturated heterocycles. The molecule has 130 valence electrons. The van der Waals surface area contributed by atoms with E-state index in [0.717, 1.165) is 0 Å². The molecule has 0 bridgehead atoms. The Morgan fingerprint density at radius 2 is 1.65 bits per heavy atom. The molecule has 0 radical (unpaired) electrons. The van der Waals surface area contributed by atoms with Gasteiger partial charge in [0.1, 0.15) is 20.2 Å². The zero-order valence-corrected chi connectivity index (χ0v) is 22.3. The number of rotatable bonds is 5. The van der Waals surface area contributed by atoms with Crippen molar-refractivity contribution in [1.82, 2.24) is 15.0 Å². The molecular formula is C10H7ClK2N4O7S2. The van der Waals surface area contributed by atoms with E-state index >= 15 is 0 Å². The van der Waals surface area contributed by atoms with E-state index in [-0.39, 0.29) is 120 Å². The summed E-state index contributed by atoms with van der Waals surface area (Å²) in [6.07, 6.45) is 0. The fourth-order valence-corrected chi connectivity index (χ4v) is 2.84. The largest absolute Gasteiger partial charge is 1.00 e. The summed E-state index contributed by atoms with van der Waals surface area (Å²) in [6.45, 7) is 0. The summed E-state index contributed by atoms with van der Waals surface area (Å²) in [4.78, 5) is 9.32. The van der Waals surface area contributed by atoms with Crippen LogP contribution in [0.5, 0.6) is 6.01 Å². The maximum atomic E-state index is 11.3. The Morgan fingerprint density at radius 1 is 1.04 bits per heavy atom. The van der Waals surface area contributed by atoms with Gasteiger partial charge in [0.25, 0.3) is 0 Å². The van der Waals surface area contributed by atoms with Crippen LogP contribution >= 0.6 is 11.6 Å². The van der Waals surface area contributed by atoms with E-state index in [2.05, 4.69) is 20.3 Å². The number of nitrogens with one attached hydrogen (secondary N) is 1. The monoisotopic (exact) mass is 472 g/mol. The van der Waals surface area contributed by atoms with Crippen LogP contribution in [0.2, 0.25) is 5.28 Å². The summed E-state index contributed by atoms with van der Waals surface area (Å²) < 4.78 is 71.7. The SMILES string of the molecule is COc1nc(Cl)nc(Nc2cc(S(=O)(=O)[O-])ccc2S(=O)(=O)[O-])n1.[K+].[K+]. The predicted molar refractivity (Wildman–Crippen MR) is 77.0 cm³/mol. The standard InChI is InChI=1S/C10H9ClN4O7S2.2K/c1-22-10-14-8(11)13-9(15-10)12-6-4-5(23(16,17)18)2-3-7(6)24(19,20)21;;/h2-4H,1H3,(H,16,17,18)(H,19,20,21)(H,12,13,14,15);;/q;2*+1/p-2. The molecule has 0 saturated carbocycles. The fourth-order valence-electron chi connectivity index (χ4n) is 1.58. The fraction of sp³-hybridized carbons (Fsp3) is 0.100. The molecule has 2 rings (SSSR count). The average molecular weight is 473 g/mol. The van der Waals surface area contributed by atoms with Crippen molar-refractivity contribution in [3.8, 4) is 6.01 Å². The van der Waals surface area contributed by atoms with Crippen molar-refractivity contribution in [1.29, 1.82) is 0 Å². The predicted octanol–water partition coefficient (Wildman–Crippen LogP) is -5.91. The van der Waals surface area contributed by atoms with Crippen LogP contribution in [0.3, 0.4) is 0 Å². The number of benzene rings is 1. The van der Waals surface area contributed by atoms with Crippen molar-refractivity contribution < 1.29 is 133 Å². The molecule has 0 fully saturated rings. The minimum absolute atomic E-state index is 0. The van der Waals surface area contributed by atoms with Gasteiger partial charge in [-0.25, -0.2) is 16.8 Å². The van der Waals surface area contributed by atoms with Crippen molar-refractivity contribution in [2.24, 2.45) is 0 Å². The van der Waals surface area contributed by atoms with Crippen LogP contribution in [0.15, 0.2) is 28.0 Å². The molecule has 0 aliphatic rings. The van der Waals surface area contributed by atoms with Gasteiger partial charge in [0.15, 0.2) is 0 Å². The summed E-state index contributed by atoms with van der Waals surface area (Å²) >= 11 is 5.62. The van der Waals surface area contributed by atoms with Crippen molar-refractivity contribution in [2.75, 3.05) is 12.4 Å². The van der Waals surface area contributed by atoms with Gasteiger partial charge in [0.2, 0.25) is 11.2 Å². The number of hydrogen-bond acceptors (Lipinski definition) is 11. The molecule has 1 N–H and O–H groups in total. The first kappa shape index (κ1) is 27.2. The van der Waals surface area contributed by atoms with Crippen LogP contribution in [0.4, 0.5) is 11.6 Å². The molecule has 0 atom stereocenters. The Kier molecular flexibility index (Phi) is 11.3. The molecule has 26 heavy (non-hydrogen) atoms. The molecule has 0 unspecified atom stereocenters. The second-order valence-corrected chi connectivity index (χ2v) is 7.17. The summed E-state index contributed by atoms with van der Waals surface area (Å²) in [6, 6.07) is 1.81. The van der Waals surface area contributed by atoms with Gasteiger partial charge in [0.05, 0.1) is 22.6 Å². The number of halogens is 1. The van der Waals surface area contributed by atoms with E-state index in [1.165, 1.54) is 7.11 Å². The third-order valence-corrected chi connectivity index (χ3v) is 4.42. The molecule has 0 spiro atoms. The number of ether oxygens (including phenoxy) is 1. The molecule has 11 nitrogen and oxygen atoms in total. The quantitative estimate of drug-likeness (QED) is 0.324. The first-order chi connectivity index (χ1) is 11.0. The number of hydrogen-bond donors (Lipinski definition) is 1. The number of nitrogens with zero attached hydrogens (tertiary/aromatic N) is 3. The molecule has 0 aliphatic carbocycles. The average Bonchev–Trinajstić information content (AvgIpc) is 2.44. The van der Waals surface area contributed by atoms with Crippen molar-refractivity contribution in [2.45, 2.75) is 9.79 Å². The molecule has 1 aromatic heterocycles. The minimum atomic E-state index is -4.99. The van der Waals surface area contributed by atoms with Gasteiger partial charge in [-0.3, -0.25) is 0 Å². The van der Waals surface area contributed by atoms with E-state index in [1.807, 2.05) is 0 Å². The first-order valence-electron chi connectivity index (χ1n) is 5.79. The van der Waals surface area contributed by atoms with Crippen LogP contribution in [0.1, 0.15) is 0 Å². The normalized spacial score (nSPS) is 11.1. The van der Waals surface area contributed by atoms with Crippen LogP contribution in [0.25, 0.3) is 0 Å². The van der Waals surface area contributed by atoms with Gasteiger partial charge < -0.3 is 19.2 Å². The minimum Gasteiger partial charge on any atom is -0.744 e. The second kappa shape index (κ2) is 10.8. The molecule has 1 heterocycles. The van der Waals surface area contributed by atoms with Crippen LogP contribution in [-0.2, 0) is 20.2 Å². The third-order valence-electron chi connectivity index (χ3n) is 2.53. The van der Waals surface area contributed by atoms with Crippen molar-refractivity contribution in [3.63, 3.8) is 0 Å². The molecule has 0 amide bonds. The van der Waals surface area contributed by atoms with Crippen LogP contribution in [-0.4, -0.2) is 48.0 Å². The maximum Gasteiger partial charge on any atom is 1.00 e. The Balaban J connectivity index is 0.00000312. The molecular weight excluding hydrogens is 466 g/mol. The number of anilines is 2. The topological polar surface area (TPSA) is 174 Å². The summed E-state index contributed by atoms with van der Waals surface area (Å²) in [5.74, 6) is -0.336. The van der Waals surface area contributed by atoms with Crippen molar-refractivity contribution >= 4 is 43.5 Å². The van der Waals surface area contributed by atoms with Gasteiger partial charge >= 0.3 is 109 Å². The first-order valence-corrected chi connectivity index (χ1v) is 8.98. The second-order valence-electron chi connectivity index (χ2n) is 4.11. The third kappa shape index (κ3) is 7.56. The molecule has 0 aliphatic heterocycles. The van der Waals surface area contributed by atoms with Crippen LogP contribution < -0.4 is 113 Å². The van der Waals surface area contributed by atoms with E-state index < -0.39 is 35.7 Å². The molecule has 1 aromatic carbocycles. The van der Waals surface area contributed by atoms with E-state index in [1.54, 1.807) is 0 Å². The van der Waals surface area contributed by atoms with Gasteiger partial charge in [-0.1, -0.05) is 0 Å². The summed E-state index contributed by atoms with van der Waals surface area (Å²) in [7, 11) is -8.65. The zero-order chi connectivity index (χ0) is 18.1. The Morgan fingerprint density at radius 3 is 2.15 bits per heavy atom. The van der Waals surface area contributed by atoms with E-state index in [9.17, 15) is 25.9 Å². The van der Waals surface area contributed by atoms with E-state index in [4.69, 9.17) is 16.3 Å². The zero-order valence-electron chi connectivity index (χ0n) is 13.6. The van der Waals surface area contributed by atoms with Gasteiger partial charge in [-0.05, 0) is 29.8 Å². The Bertz CT molecular complexity index is 1000. The number of aromatic nitrogens is 3. The summed E-state index contributed by atoms with van der Waals surface area (Å²) in [5.41, 5.74) is -0.522. The number of methoxy groups -OCH3 is 1. The maximum absolute atomic E-state index is 11.3. The van der Waals surface area contributed by atoms with Gasteiger partial charge in [-0.2, -0.15) is 15.0 Å². The smallest absolute Gasteiger partial charge is 0.744 e. The summed E-state index contributed by atoms with van der Waals surface area (Å²) in [5, 5.41) is 1.98. The molecule has 2 aromatic rings. The van der Waals surface area contributed by atoms with Crippen LogP contribution in [0, 0.1) is 0 Å². The van der Waals surface area contributed by atoms with E-state index in [0.29, 0.717) is 18.2 Å². The van der Waals surface area contributed by atoms with Gasteiger partial charge in [-0.15, -0.1) is 0 Å². The Hall–Kier alpha value is 1.21. The van der Waals surface area contributed by atoms with Crippen molar-refractivity contribution in [3.05, 3.63) is 23.5 Å².